The van der Waals surface area contributed by atoms with Crippen LogP contribution in [0, 0.1) is 0 Å². The first kappa shape index (κ1) is 12.3. The van der Waals surface area contributed by atoms with Crippen LogP contribution in [0.15, 0.2) is 18.2 Å². The van der Waals surface area contributed by atoms with Gasteiger partial charge in [0.15, 0.2) is 0 Å². The van der Waals surface area contributed by atoms with E-state index in [4.69, 9.17) is 9.84 Å². The lowest BCUT2D eigenvalue weighted by Gasteiger charge is -2.11. The molecule has 0 aliphatic heterocycles. The maximum absolute atomic E-state index is 11.6. The van der Waals surface area contributed by atoms with Gasteiger partial charge in [0.05, 0.1) is 11.7 Å². The lowest BCUT2D eigenvalue weighted by atomic mass is 10.2. The normalized spacial score (nSPS) is 12.1. The van der Waals surface area contributed by atoms with Gasteiger partial charge in [0.2, 0.25) is 0 Å². The van der Waals surface area contributed by atoms with Crippen molar-refractivity contribution in [2.45, 2.75) is 13.0 Å². The Kier molecular flexibility index (Phi) is 4.13. The van der Waals surface area contributed by atoms with Gasteiger partial charge >= 0.3 is 0 Å². The average Bonchev–Trinajstić information content (AvgIpc) is 2.25. The number of hydrogen-bond donors (Lipinski definition) is 3. The number of carbonyl (C=O) groups is 1. The highest BCUT2D eigenvalue weighted by Crippen LogP contribution is 2.22. The van der Waals surface area contributed by atoms with Gasteiger partial charge in [0.25, 0.3) is 5.91 Å². The third-order valence-electron chi connectivity index (χ3n) is 2.18. The molecule has 5 nitrogen and oxygen atoms in total. The molecule has 1 atom stereocenters. The number of nitrogens with one attached hydrogen (secondary N) is 1. The molecular weight excluding hydrogens is 210 g/mol. The summed E-state index contributed by atoms with van der Waals surface area (Å²) in [5.74, 6) is -0.733. The third kappa shape index (κ3) is 3.13. The fourth-order valence-electron chi connectivity index (χ4n) is 1.13. The van der Waals surface area contributed by atoms with Gasteiger partial charge in [0, 0.05) is 19.7 Å². The number of phenols is 2. The van der Waals surface area contributed by atoms with Crippen LogP contribution in [0.5, 0.6) is 11.5 Å². The van der Waals surface area contributed by atoms with E-state index in [1.54, 1.807) is 7.11 Å². The van der Waals surface area contributed by atoms with Crippen LogP contribution in [-0.2, 0) is 4.74 Å². The molecule has 1 unspecified atom stereocenters. The number of carbonyl (C=O) groups excluding carboxylic acids is 1. The van der Waals surface area contributed by atoms with Crippen LogP contribution in [0.25, 0.3) is 0 Å². The summed E-state index contributed by atoms with van der Waals surface area (Å²) in [6, 6.07) is 3.82. The molecule has 0 bridgehead atoms. The Bertz CT molecular complexity index is 378. The monoisotopic (exact) mass is 225 g/mol. The molecule has 1 amide bonds. The van der Waals surface area contributed by atoms with Crippen molar-refractivity contribution in [1.82, 2.24) is 5.32 Å². The van der Waals surface area contributed by atoms with Crippen LogP contribution < -0.4 is 5.32 Å². The van der Waals surface area contributed by atoms with E-state index >= 15 is 0 Å². The van der Waals surface area contributed by atoms with Crippen LogP contribution in [0.1, 0.15) is 17.3 Å². The minimum atomic E-state index is -0.401. The highest BCUT2D eigenvalue weighted by Gasteiger charge is 2.12. The number of ether oxygens (including phenoxy) is 1. The van der Waals surface area contributed by atoms with Crippen molar-refractivity contribution in [2.24, 2.45) is 0 Å². The summed E-state index contributed by atoms with van der Waals surface area (Å²) in [4.78, 5) is 11.6. The summed E-state index contributed by atoms with van der Waals surface area (Å²) >= 11 is 0. The number of benzene rings is 1. The molecule has 0 heterocycles. The maximum Gasteiger partial charge on any atom is 0.255 e. The minimum absolute atomic E-state index is 0.0840. The molecule has 0 saturated carbocycles. The molecule has 5 heteroatoms. The molecule has 0 radical (unpaired) electrons. The lowest BCUT2D eigenvalue weighted by molar-refractivity contribution is 0.0868. The quantitative estimate of drug-likeness (QED) is 0.710. The van der Waals surface area contributed by atoms with Crippen molar-refractivity contribution in [2.75, 3.05) is 13.7 Å². The van der Waals surface area contributed by atoms with E-state index in [0.29, 0.717) is 6.54 Å². The van der Waals surface area contributed by atoms with Crippen molar-refractivity contribution in [3.8, 4) is 11.5 Å². The summed E-state index contributed by atoms with van der Waals surface area (Å²) < 4.78 is 4.97. The van der Waals surface area contributed by atoms with E-state index in [1.807, 2.05) is 6.92 Å². The van der Waals surface area contributed by atoms with Crippen molar-refractivity contribution in [3.63, 3.8) is 0 Å². The minimum Gasteiger partial charge on any atom is -0.508 e. The number of rotatable bonds is 4. The third-order valence-corrected chi connectivity index (χ3v) is 2.18. The van der Waals surface area contributed by atoms with Crippen molar-refractivity contribution < 1.29 is 19.7 Å². The smallest absolute Gasteiger partial charge is 0.255 e. The first-order valence-corrected chi connectivity index (χ1v) is 4.87. The van der Waals surface area contributed by atoms with Gasteiger partial charge < -0.3 is 20.3 Å². The topological polar surface area (TPSA) is 78.8 Å². The van der Waals surface area contributed by atoms with Crippen LogP contribution in [0.4, 0.5) is 0 Å². The molecule has 0 saturated heterocycles. The zero-order chi connectivity index (χ0) is 12.1. The molecule has 0 spiro atoms. The lowest BCUT2D eigenvalue weighted by Crippen LogP contribution is -2.31. The number of aromatic hydroxyl groups is 2. The molecule has 3 N–H and O–H groups in total. The van der Waals surface area contributed by atoms with E-state index in [0.717, 1.165) is 6.07 Å². The molecule has 0 aliphatic rings. The van der Waals surface area contributed by atoms with Crippen LogP contribution in [0.2, 0.25) is 0 Å². The first-order chi connectivity index (χ1) is 7.54. The van der Waals surface area contributed by atoms with Gasteiger partial charge in [-0.3, -0.25) is 4.79 Å². The summed E-state index contributed by atoms with van der Waals surface area (Å²) in [5, 5.41) is 21.1. The Morgan fingerprint density at radius 2 is 2.19 bits per heavy atom. The first-order valence-electron chi connectivity index (χ1n) is 4.87. The molecule has 1 aromatic rings. The number of methoxy groups -OCH3 is 1. The Morgan fingerprint density at radius 1 is 1.50 bits per heavy atom. The Labute approximate surface area is 93.7 Å². The highest BCUT2D eigenvalue weighted by atomic mass is 16.5. The second-order valence-corrected chi connectivity index (χ2v) is 3.46. The highest BCUT2D eigenvalue weighted by molar-refractivity contribution is 5.96. The number of hydrogen-bond acceptors (Lipinski definition) is 4. The molecule has 1 rings (SSSR count). The van der Waals surface area contributed by atoms with Gasteiger partial charge in [-0.05, 0) is 19.1 Å². The second kappa shape index (κ2) is 5.37. The predicted molar refractivity (Wildman–Crippen MR) is 58.6 cm³/mol. The standard InChI is InChI=1S/C11H15NO4/c1-7(16-2)6-12-11(15)9-4-3-8(13)5-10(9)14/h3-5,7,13-14H,6H2,1-2H3,(H,12,15). The molecular formula is C11H15NO4. The largest absolute Gasteiger partial charge is 0.508 e. The van der Waals surface area contributed by atoms with E-state index in [1.165, 1.54) is 12.1 Å². The Hall–Kier alpha value is -1.75. The molecule has 88 valence electrons. The molecule has 1 aromatic carbocycles. The molecule has 0 aromatic heterocycles. The molecule has 0 aliphatic carbocycles. The van der Waals surface area contributed by atoms with Gasteiger partial charge in [-0.15, -0.1) is 0 Å². The Morgan fingerprint density at radius 3 is 2.75 bits per heavy atom. The maximum atomic E-state index is 11.6. The van der Waals surface area contributed by atoms with Gasteiger partial charge in [0.1, 0.15) is 11.5 Å². The van der Waals surface area contributed by atoms with Crippen LogP contribution in [-0.4, -0.2) is 35.9 Å². The van der Waals surface area contributed by atoms with E-state index in [2.05, 4.69) is 5.32 Å². The van der Waals surface area contributed by atoms with Gasteiger partial charge in [-0.1, -0.05) is 0 Å². The van der Waals surface area contributed by atoms with Crippen LogP contribution in [0.3, 0.4) is 0 Å². The Balaban J connectivity index is 2.66. The van der Waals surface area contributed by atoms with E-state index < -0.39 is 5.91 Å². The van der Waals surface area contributed by atoms with Crippen molar-refractivity contribution in [1.29, 1.82) is 0 Å². The average molecular weight is 225 g/mol. The molecule has 0 fully saturated rings. The van der Waals surface area contributed by atoms with Crippen LogP contribution >= 0.6 is 0 Å². The number of amides is 1. The predicted octanol–water partition coefficient (Wildman–Crippen LogP) is 0.862. The van der Waals surface area contributed by atoms with Gasteiger partial charge in [-0.2, -0.15) is 0 Å². The van der Waals surface area contributed by atoms with E-state index in [-0.39, 0.29) is 23.2 Å². The summed E-state index contributed by atoms with van der Waals surface area (Å²) in [6.07, 6.45) is -0.0943. The summed E-state index contributed by atoms with van der Waals surface area (Å²) in [5.41, 5.74) is 0.126. The fourth-order valence-corrected chi connectivity index (χ4v) is 1.13. The summed E-state index contributed by atoms with van der Waals surface area (Å²) in [6.45, 7) is 2.17. The summed E-state index contributed by atoms with van der Waals surface area (Å²) in [7, 11) is 1.55. The van der Waals surface area contributed by atoms with E-state index in [9.17, 15) is 9.90 Å². The zero-order valence-electron chi connectivity index (χ0n) is 9.23. The van der Waals surface area contributed by atoms with Gasteiger partial charge in [-0.25, -0.2) is 0 Å². The fraction of sp³-hybridized carbons (Fsp3) is 0.364. The number of phenolic OH excluding ortho intramolecular Hbond substituents is 2. The zero-order valence-corrected chi connectivity index (χ0v) is 9.23. The molecule has 16 heavy (non-hydrogen) atoms. The van der Waals surface area contributed by atoms with Crippen molar-refractivity contribution >= 4 is 5.91 Å². The van der Waals surface area contributed by atoms with Crippen molar-refractivity contribution in [3.05, 3.63) is 23.8 Å². The second-order valence-electron chi connectivity index (χ2n) is 3.46. The SMILES string of the molecule is COC(C)CNC(=O)c1ccc(O)cc1O.